The predicted molar refractivity (Wildman–Crippen MR) is 85.0 cm³/mol. The number of alkyl halides is 1. The second-order valence-electron chi connectivity index (χ2n) is 6.25. The fraction of sp³-hybridized carbons (Fsp3) is 0.625. The van der Waals surface area contributed by atoms with Gasteiger partial charge in [0.25, 0.3) is 0 Å². The van der Waals surface area contributed by atoms with Crippen LogP contribution in [0, 0.1) is 12.8 Å². The van der Waals surface area contributed by atoms with Gasteiger partial charge in [-0.2, -0.15) is 4.31 Å². The summed E-state index contributed by atoms with van der Waals surface area (Å²) in [7, 11) is -3.40. The van der Waals surface area contributed by atoms with Crippen molar-refractivity contribution in [1.29, 1.82) is 0 Å². The van der Waals surface area contributed by atoms with Crippen LogP contribution in [0.2, 0.25) is 0 Å². The third-order valence-corrected chi connectivity index (χ3v) is 7.33. The first-order valence-corrected chi connectivity index (χ1v) is 9.69. The number of halogens is 1. The maximum absolute atomic E-state index is 13.1. The Kier molecular flexibility index (Phi) is 4.30. The fourth-order valence-electron chi connectivity index (χ4n) is 3.79. The quantitative estimate of drug-likeness (QED) is 0.794. The molecule has 2 unspecified atom stereocenters. The Morgan fingerprint density at radius 3 is 2.76 bits per heavy atom. The van der Waals surface area contributed by atoms with E-state index in [0.717, 1.165) is 30.4 Å². The van der Waals surface area contributed by atoms with E-state index in [4.69, 9.17) is 11.6 Å². The van der Waals surface area contributed by atoms with Crippen LogP contribution in [-0.4, -0.2) is 25.3 Å². The van der Waals surface area contributed by atoms with Crippen LogP contribution in [0.1, 0.15) is 43.2 Å². The maximum Gasteiger partial charge on any atom is 0.243 e. The van der Waals surface area contributed by atoms with Gasteiger partial charge < -0.3 is 0 Å². The van der Waals surface area contributed by atoms with Crippen LogP contribution in [0.3, 0.4) is 0 Å². The summed E-state index contributed by atoms with van der Waals surface area (Å²) < 4.78 is 27.9. The highest BCUT2D eigenvalue weighted by Crippen LogP contribution is 2.39. The van der Waals surface area contributed by atoms with E-state index in [2.05, 4.69) is 0 Å². The van der Waals surface area contributed by atoms with Gasteiger partial charge in [0.2, 0.25) is 10.0 Å². The Hall–Kier alpha value is -0.580. The molecule has 2 fully saturated rings. The molecule has 3 nitrogen and oxygen atoms in total. The molecule has 0 N–H and O–H groups in total. The van der Waals surface area contributed by atoms with Crippen molar-refractivity contribution >= 4 is 21.6 Å². The molecule has 2 aliphatic rings. The molecule has 0 aromatic heterocycles. The van der Waals surface area contributed by atoms with Gasteiger partial charge in [-0.05, 0) is 49.3 Å². The van der Waals surface area contributed by atoms with Crippen LogP contribution in [-0.2, 0) is 15.9 Å². The average Bonchev–Trinajstić information content (AvgIpc) is 2.92. The molecule has 5 heteroatoms. The zero-order valence-corrected chi connectivity index (χ0v) is 14.0. The molecule has 116 valence electrons. The van der Waals surface area contributed by atoms with Crippen molar-refractivity contribution in [2.45, 2.75) is 55.8 Å². The Bertz CT molecular complexity index is 629. The molecule has 0 bridgehead atoms. The van der Waals surface area contributed by atoms with Gasteiger partial charge in [-0.25, -0.2) is 8.42 Å². The summed E-state index contributed by atoms with van der Waals surface area (Å²) in [6.45, 7) is 2.53. The number of rotatable bonds is 3. The van der Waals surface area contributed by atoms with E-state index < -0.39 is 10.0 Å². The van der Waals surface area contributed by atoms with E-state index in [1.54, 1.807) is 10.4 Å². The van der Waals surface area contributed by atoms with Crippen molar-refractivity contribution in [1.82, 2.24) is 4.31 Å². The highest BCUT2D eigenvalue weighted by molar-refractivity contribution is 7.89. The zero-order valence-electron chi connectivity index (χ0n) is 12.4. The van der Waals surface area contributed by atoms with Crippen LogP contribution in [0.25, 0.3) is 0 Å². The van der Waals surface area contributed by atoms with Gasteiger partial charge in [-0.1, -0.05) is 25.0 Å². The van der Waals surface area contributed by atoms with E-state index in [-0.39, 0.29) is 6.04 Å². The zero-order chi connectivity index (χ0) is 15.0. The van der Waals surface area contributed by atoms with Crippen molar-refractivity contribution in [2.75, 3.05) is 6.54 Å². The summed E-state index contributed by atoms with van der Waals surface area (Å²) in [5.74, 6) is 0.902. The molecule has 1 aliphatic carbocycles. The van der Waals surface area contributed by atoms with E-state index in [9.17, 15) is 8.42 Å². The van der Waals surface area contributed by atoms with Gasteiger partial charge in [0.05, 0.1) is 4.90 Å². The van der Waals surface area contributed by atoms with Crippen LogP contribution >= 0.6 is 11.6 Å². The van der Waals surface area contributed by atoms with Crippen molar-refractivity contribution in [2.24, 2.45) is 5.92 Å². The molecule has 0 radical (unpaired) electrons. The summed E-state index contributed by atoms with van der Waals surface area (Å²) in [5, 5.41) is 0. The topological polar surface area (TPSA) is 37.4 Å². The molecule has 21 heavy (non-hydrogen) atoms. The van der Waals surface area contributed by atoms with Gasteiger partial charge in [0.15, 0.2) is 0 Å². The van der Waals surface area contributed by atoms with Gasteiger partial charge >= 0.3 is 0 Å². The Morgan fingerprint density at radius 1 is 1.24 bits per heavy atom. The van der Waals surface area contributed by atoms with E-state index in [1.165, 1.54) is 12.8 Å². The van der Waals surface area contributed by atoms with Crippen LogP contribution in [0.4, 0.5) is 0 Å². The number of hydrogen-bond donors (Lipinski definition) is 0. The normalized spacial score (nSPS) is 26.8. The lowest BCUT2D eigenvalue weighted by molar-refractivity contribution is 0.260. The molecule has 1 saturated heterocycles. The molecule has 0 amide bonds. The monoisotopic (exact) mass is 327 g/mol. The van der Waals surface area contributed by atoms with E-state index in [0.29, 0.717) is 23.2 Å². The molecule has 1 aliphatic heterocycles. The van der Waals surface area contributed by atoms with Crippen molar-refractivity contribution in [3.8, 4) is 0 Å². The van der Waals surface area contributed by atoms with Gasteiger partial charge in [-0.3, -0.25) is 0 Å². The molecule has 1 aromatic rings. The lowest BCUT2D eigenvalue weighted by atomic mass is 9.86. The number of nitrogens with zero attached hydrogens (tertiary/aromatic N) is 1. The number of hydrogen-bond acceptors (Lipinski definition) is 2. The Labute approximate surface area is 132 Å². The number of fused-ring (bicyclic) bond motifs is 1. The van der Waals surface area contributed by atoms with Crippen LogP contribution in [0.15, 0.2) is 23.1 Å². The first kappa shape index (κ1) is 15.3. The van der Waals surface area contributed by atoms with Crippen molar-refractivity contribution < 1.29 is 8.42 Å². The smallest absolute Gasteiger partial charge is 0.207 e. The highest BCUT2D eigenvalue weighted by atomic mass is 35.5. The molecule has 3 rings (SSSR count). The summed E-state index contributed by atoms with van der Waals surface area (Å²) >= 11 is 5.86. The maximum atomic E-state index is 13.1. The number of benzene rings is 1. The fourth-order valence-corrected chi connectivity index (χ4v) is 5.97. The van der Waals surface area contributed by atoms with Gasteiger partial charge in [0.1, 0.15) is 0 Å². The van der Waals surface area contributed by atoms with Gasteiger partial charge in [-0.15, -0.1) is 11.6 Å². The average molecular weight is 328 g/mol. The van der Waals surface area contributed by atoms with Gasteiger partial charge in [0, 0.05) is 18.5 Å². The third kappa shape index (κ3) is 2.73. The van der Waals surface area contributed by atoms with Crippen molar-refractivity contribution in [3.63, 3.8) is 0 Å². The first-order chi connectivity index (χ1) is 10.0. The van der Waals surface area contributed by atoms with E-state index >= 15 is 0 Å². The summed E-state index contributed by atoms with van der Waals surface area (Å²) in [6, 6.07) is 5.71. The lowest BCUT2D eigenvalue weighted by Gasteiger charge is -2.31. The molecule has 2 atom stereocenters. The first-order valence-electron chi connectivity index (χ1n) is 7.71. The van der Waals surface area contributed by atoms with Crippen LogP contribution in [0.5, 0.6) is 0 Å². The minimum atomic E-state index is -3.40. The second kappa shape index (κ2) is 5.90. The number of sulfonamides is 1. The molecular formula is C16H22ClNO2S. The van der Waals surface area contributed by atoms with E-state index in [1.807, 2.05) is 19.1 Å². The largest absolute Gasteiger partial charge is 0.243 e. The van der Waals surface area contributed by atoms with Crippen molar-refractivity contribution in [3.05, 3.63) is 29.3 Å². The second-order valence-corrected chi connectivity index (χ2v) is 8.38. The molecule has 1 heterocycles. The minimum Gasteiger partial charge on any atom is -0.207 e. The molecule has 0 spiro atoms. The number of aryl methyl sites for hydroxylation is 1. The third-order valence-electron chi connectivity index (χ3n) is 4.95. The standard InChI is InChI=1S/C16H22ClNO2S/c1-12-6-7-13(11-17)10-16(12)21(19,20)18-9-8-14-4-2-3-5-15(14)18/h6-7,10,14-15H,2-5,8-9,11H2,1H3. The molecular weight excluding hydrogens is 306 g/mol. The summed E-state index contributed by atoms with van der Waals surface area (Å²) in [5.41, 5.74) is 1.67. The Morgan fingerprint density at radius 2 is 2.00 bits per heavy atom. The lowest BCUT2D eigenvalue weighted by Crippen LogP contribution is -2.39. The van der Waals surface area contributed by atoms with Crippen LogP contribution < -0.4 is 0 Å². The minimum absolute atomic E-state index is 0.211. The molecule has 1 aromatic carbocycles. The summed E-state index contributed by atoms with van der Waals surface area (Å²) in [4.78, 5) is 0.437. The molecule has 1 saturated carbocycles. The summed E-state index contributed by atoms with van der Waals surface area (Å²) in [6.07, 6.45) is 5.59. The predicted octanol–water partition coefficient (Wildman–Crippen LogP) is 3.69. The Balaban J connectivity index is 1.97. The highest BCUT2D eigenvalue weighted by Gasteiger charge is 2.42. The SMILES string of the molecule is Cc1ccc(CCl)cc1S(=O)(=O)N1CCC2CCCCC21.